The Morgan fingerprint density at radius 1 is 1.38 bits per heavy atom. The Kier molecular flexibility index (Phi) is 1.27. The number of tetrazole rings is 1. The number of benzene rings is 1. The maximum absolute atomic E-state index is 4.48. The number of nitrogens with zero attached hydrogens (tertiary/aromatic N) is 6. The van der Waals surface area contributed by atoms with Gasteiger partial charge in [0.25, 0.3) is 0 Å². The van der Waals surface area contributed by atoms with Crippen LogP contribution in [0.1, 0.15) is 11.7 Å². The van der Waals surface area contributed by atoms with E-state index in [4.69, 9.17) is 0 Å². The smallest absolute Gasteiger partial charge is 0.0615 e. The van der Waals surface area contributed by atoms with Crippen molar-refractivity contribution < 1.29 is 9.38 Å². The number of rotatable bonds is 0. The number of azo groups is 2. The van der Waals surface area contributed by atoms with Crippen LogP contribution >= 0.6 is 0 Å². The third-order valence-corrected chi connectivity index (χ3v) is 3.07. The zero-order valence-corrected chi connectivity index (χ0v) is 8.78. The second kappa shape index (κ2) is 2.52. The second-order valence-electron chi connectivity index (χ2n) is 4.08. The summed E-state index contributed by atoms with van der Waals surface area (Å²) in [6.45, 7) is 0. The van der Waals surface area contributed by atoms with Crippen molar-refractivity contribution in [2.24, 2.45) is 12.2 Å². The molecule has 0 saturated carbocycles. The zero-order valence-electron chi connectivity index (χ0n) is 8.78. The van der Waals surface area contributed by atoms with Gasteiger partial charge in [-0.25, -0.2) is 0 Å². The lowest BCUT2D eigenvalue weighted by Crippen LogP contribution is -2.42. The number of aryl methyl sites for hydroxylation is 1. The fourth-order valence-corrected chi connectivity index (χ4v) is 2.39. The first kappa shape index (κ1) is 8.09. The topological polar surface area (TPSA) is 50.0 Å². The molecule has 2 aliphatic heterocycles. The molecule has 6 heteroatoms. The second-order valence-corrected chi connectivity index (χ2v) is 4.08. The fraction of sp³-hybridized carbons (Fsp3) is 0.300. The molecule has 3 heterocycles. The minimum absolute atomic E-state index is 0.168. The standard InChI is InChI=1S/C10H10N6/c1-14-11-10-12-15-8-5-3-2-4-7(8)6-9(15)16(10)13-14/h2-5,9H,6H2,1H3/q+2/t9-/m1/s1. The van der Waals surface area contributed by atoms with E-state index in [2.05, 4.69) is 33.6 Å². The van der Waals surface area contributed by atoms with Gasteiger partial charge >= 0.3 is 12.1 Å². The molecule has 0 aliphatic carbocycles. The maximum atomic E-state index is 4.48. The van der Waals surface area contributed by atoms with Gasteiger partial charge in [0.1, 0.15) is 7.05 Å². The largest absolute Gasteiger partial charge is 0.504 e. The summed E-state index contributed by atoms with van der Waals surface area (Å²) in [6.07, 6.45) is 1.11. The Morgan fingerprint density at radius 2 is 2.25 bits per heavy atom. The minimum atomic E-state index is 0.168. The highest BCUT2D eigenvalue weighted by atomic mass is 15.7. The van der Waals surface area contributed by atoms with Gasteiger partial charge in [0.15, 0.2) is 5.11 Å². The van der Waals surface area contributed by atoms with Gasteiger partial charge in [-0.3, -0.25) is 0 Å². The van der Waals surface area contributed by atoms with Crippen molar-refractivity contribution in [3.63, 3.8) is 0 Å². The molecule has 0 unspecified atom stereocenters. The SMILES string of the molecule is Cn1nc2[n+](n1)[C@@H]1Cc3ccccc3[N+]1=N2. The first-order valence-corrected chi connectivity index (χ1v) is 5.25. The number of para-hydroxylation sites is 1. The molecule has 0 radical (unpaired) electrons. The zero-order chi connectivity index (χ0) is 10.7. The molecule has 0 bridgehead atoms. The average Bonchev–Trinajstić information content (AvgIpc) is 2.87. The summed E-state index contributed by atoms with van der Waals surface area (Å²) in [5, 5.41) is 13.0. The van der Waals surface area contributed by atoms with Gasteiger partial charge in [-0.1, -0.05) is 27.7 Å². The van der Waals surface area contributed by atoms with E-state index in [1.165, 1.54) is 11.3 Å². The van der Waals surface area contributed by atoms with E-state index in [9.17, 15) is 0 Å². The summed E-state index contributed by atoms with van der Waals surface area (Å²) < 4.78 is 3.88. The monoisotopic (exact) mass is 214 g/mol. The van der Waals surface area contributed by atoms with Gasteiger partial charge in [-0.2, -0.15) is 0 Å². The Balaban J connectivity index is 1.94. The van der Waals surface area contributed by atoms with Crippen molar-refractivity contribution in [2.75, 3.05) is 0 Å². The average molecular weight is 214 g/mol. The third kappa shape index (κ3) is 0.843. The van der Waals surface area contributed by atoms with Crippen LogP contribution in [0.3, 0.4) is 0 Å². The maximum Gasteiger partial charge on any atom is 0.504 e. The van der Waals surface area contributed by atoms with Crippen molar-refractivity contribution >= 4 is 11.6 Å². The van der Waals surface area contributed by atoms with Crippen LogP contribution in [-0.4, -0.2) is 19.8 Å². The third-order valence-electron chi connectivity index (χ3n) is 3.07. The Morgan fingerprint density at radius 3 is 3.19 bits per heavy atom. The van der Waals surface area contributed by atoms with Crippen LogP contribution < -0.4 is 4.68 Å². The summed E-state index contributed by atoms with van der Waals surface area (Å²) in [6, 6.07) is 8.32. The summed E-state index contributed by atoms with van der Waals surface area (Å²) in [7, 11) is 1.81. The van der Waals surface area contributed by atoms with Gasteiger partial charge in [0.05, 0.1) is 11.5 Å². The molecule has 1 atom stereocenters. The van der Waals surface area contributed by atoms with Crippen molar-refractivity contribution in [3.8, 4) is 0 Å². The molecule has 0 N–H and O–H groups in total. The summed E-state index contributed by atoms with van der Waals surface area (Å²) in [4.78, 5) is 1.55. The molecule has 1 aromatic carbocycles. The van der Waals surface area contributed by atoms with E-state index in [0.717, 1.165) is 6.42 Å². The molecule has 2 aliphatic rings. The van der Waals surface area contributed by atoms with Gasteiger partial charge in [-0.05, 0) is 0 Å². The van der Waals surface area contributed by atoms with Gasteiger partial charge in [0.2, 0.25) is 5.69 Å². The van der Waals surface area contributed by atoms with E-state index < -0.39 is 0 Å². The van der Waals surface area contributed by atoms with Gasteiger partial charge in [-0.15, -0.1) is 0 Å². The normalized spacial score (nSPS) is 20.3. The molecule has 16 heavy (non-hydrogen) atoms. The predicted molar refractivity (Wildman–Crippen MR) is 52.4 cm³/mol. The lowest BCUT2D eigenvalue weighted by Gasteiger charge is -1.90. The number of fused-ring (bicyclic) bond motifs is 5. The molecule has 4 rings (SSSR count). The molecule has 0 fully saturated rings. The predicted octanol–water partition coefficient (Wildman–Crippen LogP) is 0.599. The first-order chi connectivity index (χ1) is 7.83. The highest BCUT2D eigenvalue weighted by Crippen LogP contribution is 2.37. The van der Waals surface area contributed by atoms with Crippen LogP contribution in [0.4, 0.5) is 11.6 Å². The highest BCUT2D eigenvalue weighted by molar-refractivity contribution is 5.42. The summed E-state index contributed by atoms with van der Waals surface area (Å²) in [5.41, 5.74) is 2.49. The summed E-state index contributed by atoms with van der Waals surface area (Å²) in [5.74, 6) is 0.682. The number of hydrogen-bond acceptors (Lipinski definition) is 3. The van der Waals surface area contributed by atoms with Crippen LogP contribution in [0.25, 0.3) is 0 Å². The van der Waals surface area contributed by atoms with E-state index in [1.807, 2.05) is 22.5 Å². The first-order valence-electron chi connectivity index (χ1n) is 5.25. The molecular weight excluding hydrogens is 204 g/mol. The minimum Gasteiger partial charge on any atom is -0.0615 e. The van der Waals surface area contributed by atoms with E-state index in [1.54, 1.807) is 4.80 Å². The van der Waals surface area contributed by atoms with Crippen molar-refractivity contribution in [1.82, 2.24) is 15.1 Å². The molecule has 78 valence electrons. The van der Waals surface area contributed by atoms with Gasteiger partial charge < -0.3 is 0 Å². The number of aromatic nitrogens is 4. The lowest BCUT2D eigenvalue weighted by molar-refractivity contribution is -0.871. The van der Waals surface area contributed by atoms with Crippen LogP contribution in [-0.2, 0) is 13.5 Å². The fourth-order valence-electron chi connectivity index (χ4n) is 2.39. The van der Waals surface area contributed by atoms with Crippen LogP contribution in [0, 0.1) is 0 Å². The molecular formula is C10H10N6+2. The summed E-state index contributed by atoms with van der Waals surface area (Å²) >= 11 is 0. The molecule has 1 aromatic heterocycles. The van der Waals surface area contributed by atoms with E-state index >= 15 is 0 Å². The van der Waals surface area contributed by atoms with Crippen LogP contribution in [0.5, 0.6) is 0 Å². The highest BCUT2D eigenvalue weighted by Gasteiger charge is 2.51. The molecule has 0 spiro atoms. The lowest BCUT2D eigenvalue weighted by atomic mass is 10.1. The van der Waals surface area contributed by atoms with Crippen LogP contribution in [0.15, 0.2) is 29.4 Å². The molecule has 0 amide bonds. The Labute approximate surface area is 91.4 Å². The molecule has 2 aromatic rings. The van der Waals surface area contributed by atoms with Crippen molar-refractivity contribution in [3.05, 3.63) is 29.8 Å². The quantitative estimate of drug-likeness (QED) is 0.603. The van der Waals surface area contributed by atoms with Gasteiger partial charge in [0, 0.05) is 21.5 Å². The Hall–Kier alpha value is -2.11. The van der Waals surface area contributed by atoms with Crippen molar-refractivity contribution in [1.29, 1.82) is 0 Å². The van der Waals surface area contributed by atoms with Crippen molar-refractivity contribution in [2.45, 2.75) is 12.6 Å². The number of hydrogen-bond donors (Lipinski definition) is 0. The molecule has 6 nitrogen and oxygen atoms in total. The molecule has 0 saturated heterocycles. The van der Waals surface area contributed by atoms with E-state index in [-0.39, 0.29) is 6.17 Å². The van der Waals surface area contributed by atoms with Crippen LogP contribution in [0.2, 0.25) is 0 Å². The Bertz CT molecular complexity index is 626. The van der Waals surface area contributed by atoms with E-state index in [0.29, 0.717) is 5.95 Å².